The lowest BCUT2D eigenvalue weighted by molar-refractivity contribution is -0.142. The Bertz CT molecular complexity index is 870. The van der Waals surface area contributed by atoms with Crippen molar-refractivity contribution in [1.29, 1.82) is 0 Å². The van der Waals surface area contributed by atoms with Crippen LogP contribution in [0.3, 0.4) is 0 Å². The Morgan fingerprint density at radius 3 is 2.21 bits per heavy atom. The number of esters is 1. The largest absolute Gasteiger partial charge is 0.481 e. The van der Waals surface area contributed by atoms with Crippen LogP contribution in [-0.4, -0.2) is 35.4 Å². The molecule has 212 valence electrons. The standard InChI is InChI=1S/C25H35ClO3.C7H12O2/c1-5-6-7-8-9-16-23(27)20-19-22(3)24(26)17-12-10-14-21(2)15-11-13-18-25(28)29-4;8-7(9)6-4-2-1-3-5-6/h5-8,10-15,17-18,22-23,27H,9,16,19-20H2,1-4H3;6H,1-5H2,(H,8,9)/b6-5+,8-7+,12-10+,15-11+,18-13+,21-14+,24-17-;/t22-,23+;/m0./s1. The number of carboxylic acids is 1. The minimum absolute atomic E-state index is 0.0289. The van der Waals surface area contributed by atoms with Gasteiger partial charge >= 0.3 is 11.9 Å². The molecule has 0 aromatic rings. The van der Waals surface area contributed by atoms with E-state index in [-0.39, 0.29) is 23.9 Å². The summed E-state index contributed by atoms with van der Waals surface area (Å²) in [5, 5.41) is 19.4. The second-order valence-electron chi connectivity index (χ2n) is 9.43. The molecule has 0 heterocycles. The number of rotatable bonds is 14. The van der Waals surface area contributed by atoms with Crippen molar-refractivity contribution in [1.82, 2.24) is 0 Å². The highest BCUT2D eigenvalue weighted by Gasteiger charge is 2.19. The van der Waals surface area contributed by atoms with E-state index in [1.807, 2.05) is 62.5 Å². The van der Waals surface area contributed by atoms with E-state index in [2.05, 4.69) is 17.7 Å². The third-order valence-electron chi connectivity index (χ3n) is 6.09. The second-order valence-corrected chi connectivity index (χ2v) is 9.86. The van der Waals surface area contributed by atoms with Crippen LogP contribution in [0.5, 0.6) is 0 Å². The van der Waals surface area contributed by atoms with E-state index in [1.165, 1.54) is 19.6 Å². The van der Waals surface area contributed by atoms with Gasteiger partial charge < -0.3 is 14.9 Å². The number of halogens is 1. The van der Waals surface area contributed by atoms with E-state index in [4.69, 9.17) is 16.7 Å². The van der Waals surface area contributed by atoms with Crippen LogP contribution in [0.4, 0.5) is 0 Å². The molecule has 0 aliphatic heterocycles. The number of aliphatic carboxylic acids is 1. The van der Waals surface area contributed by atoms with Crippen LogP contribution in [0.2, 0.25) is 0 Å². The minimum Gasteiger partial charge on any atom is -0.481 e. The summed E-state index contributed by atoms with van der Waals surface area (Å²) in [4.78, 5) is 21.3. The number of aliphatic hydroxyl groups is 1. The lowest BCUT2D eigenvalue weighted by atomic mass is 9.90. The smallest absolute Gasteiger partial charge is 0.330 e. The Kier molecular flexibility index (Phi) is 21.9. The van der Waals surface area contributed by atoms with Crippen molar-refractivity contribution in [3.63, 3.8) is 0 Å². The van der Waals surface area contributed by atoms with Crippen molar-refractivity contribution in [2.45, 2.75) is 84.7 Å². The molecule has 2 atom stereocenters. The highest BCUT2D eigenvalue weighted by molar-refractivity contribution is 6.29. The number of ether oxygens (including phenoxy) is 1. The number of aliphatic hydroxyl groups excluding tert-OH is 1. The van der Waals surface area contributed by atoms with E-state index in [9.17, 15) is 14.7 Å². The first-order valence-electron chi connectivity index (χ1n) is 13.5. The van der Waals surface area contributed by atoms with Crippen LogP contribution < -0.4 is 0 Å². The molecule has 1 rings (SSSR count). The Hall–Kier alpha value is -2.63. The second kappa shape index (κ2) is 23.5. The van der Waals surface area contributed by atoms with Crippen LogP contribution in [0, 0.1) is 11.8 Å². The van der Waals surface area contributed by atoms with Crippen molar-refractivity contribution in [3.8, 4) is 0 Å². The van der Waals surface area contributed by atoms with Gasteiger partial charge in [-0.1, -0.05) is 104 Å². The fraction of sp³-hybridized carbons (Fsp3) is 0.500. The fourth-order valence-corrected chi connectivity index (χ4v) is 3.81. The zero-order valence-electron chi connectivity index (χ0n) is 23.5. The van der Waals surface area contributed by atoms with Gasteiger partial charge in [0.1, 0.15) is 0 Å². The summed E-state index contributed by atoms with van der Waals surface area (Å²) in [5.74, 6) is -0.796. The molecule has 0 spiro atoms. The Labute approximate surface area is 235 Å². The summed E-state index contributed by atoms with van der Waals surface area (Å²) < 4.78 is 4.52. The molecule has 38 heavy (non-hydrogen) atoms. The highest BCUT2D eigenvalue weighted by Crippen LogP contribution is 2.23. The molecule has 1 aliphatic carbocycles. The van der Waals surface area contributed by atoms with Gasteiger partial charge in [0.25, 0.3) is 0 Å². The molecule has 2 N–H and O–H groups in total. The average molecular weight is 547 g/mol. The number of carbonyl (C=O) groups is 2. The number of hydrogen-bond donors (Lipinski definition) is 2. The molecule has 0 aromatic heterocycles. The maximum atomic E-state index is 10.9. The Balaban J connectivity index is 0.00000127. The quantitative estimate of drug-likeness (QED) is 0.130. The maximum Gasteiger partial charge on any atom is 0.330 e. The van der Waals surface area contributed by atoms with Gasteiger partial charge in [-0.3, -0.25) is 4.79 Å². The molecule has 0 radical (unpaired) electrons. The fourth-order valence-electron chi connectivity index (χ4n) is 3.63. The number of methoxy groups -OCH3 is 1. The molecule has 0 saturated heterocycles. The summed E-state index contributed by atoms with van der Waals surface area (Å²) in [7, 11) is 1.35. The first-order chi connectivity index (χ1) is 18.2. The van der Waals surface area contributed by atoms with Gasteiger partial charge in [0.2, 0.25) is 0 Å². The third-order valence-corrected chi connectivity index (χ3v) is 6.59. The molecule has 1 saturated carbocycles. The Morgan fingerprint density at radius 2 is 1.61 bits per heavy atom. The van der Waals surface area contributed by atoms with Crippen molar-refractivity contribution < 1.29 is 24.5 Å². The van der Waals surface area contributed by atoms with Crippen molar-refractivity contribution in [2.75, 3.05) is 7.11 Å². The van der Waals surface area contributed by atoms with Crippen LogP contribution in [0.1, 0.15) is 78.6 Å². The summed E-state index contributed by atoms with van der Waals surface area (Å²) in [6.07, 6.45) is 30.6. The number of allylic oxidation sites excluding steroid dienone is 13. The summed E-state index contributed by atoms with van der Waals surface area (Å²) in [6.45, 7) is 6.02. The lowest BCUT2D eigenvalue weighted by Crippen LogP contribution is -2.16. The number of carbonyl (C=O) groups excluding carboxylic acids is 1. The first kappa shape index (κ1) is 35.4. The monoisotopic (exact) mass is 546 g/mol. The summed E-state index contributed by atoms with van der Waals surface area (Å²) >= 11 is 6.36. The van der Waals surface area contributed by atoms with Gasteiger partial charge in [-0.15, -0.1) is 0 Å². The first-order valence-corrected chi connectivity index (χ1v) is 13.9. The van der Waals surface area contributed by atoms with Gasteiger partial charge in [0, 0.05) is 11.1 Å². The average Bonchev–Trinajstić information content (AvgIpc) is 2.92. The van der Waals surface area contributed by atoms with Gasteiger partial charge in [-0.25, -0.2) is 4.79 Å². The van der Waals surface area contributed by atoms with Gasteiger partial charge in [0.15, 0.2) is 0 Å². The molecule has 1 aliphatic rings. The van der Waals surface area contributed by atoms with Gasteiger partial charge in [0.05, 0.1) is 19.1 Å². The SMILES string of the molecule is C/C=C/C=C/CC[C@@H](O)CC[C@H](C)/C(Cl)=C/C=C/C=C(C)/C=C/C=C/C(=O)OC.O=C(O)C1CCCCC1. The summed E-state index contributed by atoms with van der Waals surface area (Å²) in [5.41, 5.74) is 1.04. The van der Waals surface area contributed by atoms with E-state index in [0.29, 0.717) is 0 Å². The normalized spacial score (nSPS) is 17.4. The number of hydrogen-bond acceptors (Lipinski definition) is 4. The molecule has 0 unspecified atom stereocenters. The van der Waals surface area contributed by atoms with Crippen LogP contribution in [0.15, 0.2) is 83.5 Å². The van der Waals surface area contributed by atoms with Crippen molar-refractivity contribution >= 4 is 23.5 Å². The predicted molar refractivity (Wildman–Crippen MR) is 159 cm³/mol. The molecule has 6 heteroatoms. The van der Waals surface area contributed by atoms with Crippen molar-refractivity contribution in [3.05, 3.63) is 83.5 Å². The molecule has 0 amide bonds. The Morgan fingerprint density at radius 1 is 0.947 bits per heavy atom. The topological polar surface area (TPSA) is 83.8 Å². The number of carboxylic acid groups (broad SMARTS) is 1. The molecule has 5 nitrogen and oxygen atoms in total. The van der Waals surface area contributed by atoms with Crippen LogP contribution in [-0.2, 0) is 14.3 Å². The molecular formula is C32H47ClO5. The van der Waals surface area contributed by atoms with Gasteiger partial charge in [-0.05, 0) is 64.4 Å². The van der Waals surface area contributed by atoms with Crippen LogP contribution >= 0.6 is 11.6 Å². The molecule has 0 aromatic carbocycles. The maximum absolute atomic E-state index is 10.9. The highest BCUT2D eigenvalue weighted by atomic mass is 35.5. The molecule has 0 bridgehead atoms. The zero-order chi connectivity index (χ0) is 28.6. The lowest BCUT2D eigenvalue weighted by Gasteiger charge is -2.16. The van der Waals surface area contributed by atoms with Crippen LogP contribution in [0.25, 0.3) is 0 Å². The molecular weight excluding hydrogens is 500 g/mol. The van der Waals surface area contributed by atoms with E-state index in [0.717, 1.165) is 62.0 Å². The van der Waals surface area contributed by atoms with E-state index < -0.39 is 5.97 Å². The van der Waals surface area contributed by atoms with Gasteiger partial charge in [-0.2, -0.15) is 0 Å². The van der Waals surface area contributed by atoms with E-state index in [1.54, 1.807) is 12.2 Å². The zero-order valence-corrected chi connectivity index (χ0v) is 24.3. The van der Waals surface area contributed by atoms with E-state index >= 15 is 0 Å². The van der Waals surface area contributed by atoms with Crippen molar-refractivity contribution in [2.24, 2.45) is 11.8 Å². The minimum atomic E-state index is -0.602. The third kappa shape index (κ3) is 20.4. The predicted octanol–water partition coefficient (Wildman–Crippen LogP) is 8.24. The summed E-state index contributed by atoms with van der Waals surface area (Å²) in [6, 6.07) is 0. The molecule has 1 fully saturated rings.